The van der Waals surface area contributed by atoms with Gasteiger partial charge in [-0.15, -0.1) is 11.8 Å². The predicted molar refractivity (Wildman–Crippen MR) is 69.0 cm³/mol. The molecule has 0 bridgehead atoms. The minimum Gasteiger partial charge on any atom is -0.477 e. The van der Waals surface area contributed by atoms with Crippen molar-refractivity contribution in [2.75, 3.05) is 5.75 Å². The van der Waals surface area contributed by atoms with Gasteiger partial charge in [-0.1, -0.05) is 19.8 Å². The second-order valence-corrected chi connectivity index (χ2v) is 4.83. The third-order valence-corrected chi connectivity index (χ3v) is 3.45. The van der Waals surface area contributed by atoms with Crippen LogP contribution in [0, 0.1) is 11.3 Å². The lowest BCUT2D eigenvalue weighted by molar-refractivity contribution is 0.0694. The van der Waals surface area contributed by atoms with Crippen molar-refractivity contribution in [1.82, 2.24) is 4.98 Å². The fourth-order valence-electron chi connectivity index (χ4n) is 1.40. The summed E-state index contributed by atoms with van der Waals surface area (Å²) in [6, 6.07) is 3.03. The first-order valence-corrected chi connectivity index (χ1v) is 6.62. The summed E-state index contributed by atoms with van der Waals surface area (Å²) in [4.78, 5) is 24.7. The molecule has 0 saturated carbocycles. The van der Waals surface area contributed by atoms with Crippen LogP contribution >= 0.6 is 11.8 Å². The molecule has 1 rings (SSSR count). The maximum absolute atomic E-state index is 11.5. The number of H-pyrrole nitrogens is 1. The zero-order valence-electron chi connectivity index (χ0n) is 10.0. The van der Waals surface area contributed by atoms with Crippen molar-refractivity contribution in [2.24, 2.45) is 0 Å². The summed E-state index contributed by atoms with van der Waals surface area (Å²) in [5.74, 6) is -0.527. The molecule has 0 aromatic carbocycles. The Kier molecular flexibility index (Phi) is 5.46. The van der Waals surface area contributed by atoms with E-state index >= 15 is 0 Å². The number of carboxylic acids is 1. The Bertz CT molecular complexity index is 531. The van der Waals surface area contributed by atoms with Crippen LogP contribution in [0.5, 0.6) is 0 Å². The van der Waals surface area contributed by atoms with Gasteiger partial charge in [0.25, 0.3) is 5.56 Å². The number of carbonyl (C=O) groups is 1. The number of nitrogens with zero attached hydrogens (tertiary/aromatic N) is 1. The lowest BCUT2D eigenvalue weighted by atomic mass is 10.2. The van der Waals surface area contributed by atoms with E-state index in [2.05, 4.69) is 11.9 Å². The smallest absolute Gasteiger partial charge is 0.341 e. The van der Waals surface area contributed by atoms with Crippen molar-refractivity contribution >= 4 is 17.7 Å². The van der Waals surface area contributed by atoms with E-state index in [1.807, 2.05) is 6.07 Å². The van der Waals surface area contributed by atoms with Crippen LogP contribution in [0.3, 0.4) is 0 Å². The Morgan fingerprint density at radius 1 is 1.56 bits per heavy atom. The molecular formula is C12H14N2O3S. The van der Waals surface area contributed by atoms with Crippen LogP contribution in [-0.2, 0) is 0 Å². The molecule has 0 saturated heterocycles. The van der Waals surface area contributed by atoms with Gasteiger partial charge in [0.05, 0.1) is 10.6 Å². The molecule has 2 N–H and O–H groups in total. The minimum absolute atomic E-state index is 0.202. The molecule has 0 aliphatic rings. The lowest BCUT2D eigenvalue weighted by Gasteiger charge is -2.04. The number of aromatic nitrogens is 1. The van der Waals surface area contributed by atoms with E-state index in [0.29, 0.717) is 5.03 Å². The minimum atomic E-state index is -1.32. The van der Waals surface area contributed by atoms with Gasteiger partial charge in [-0.3, -0.25) is 4.79 Å². The van der Waals surface area contributed by atoms with Crippen LogP contribution in [0.2, 0.25) is 0 Å². The molecule has 5 nitrogen and oxygen atoms in total. The molecule has 1 aromatic rings. The van der Waals surface area contributed by atoms with Crippen molar-refractivity contribution in [1.29, 1.82) is 5.26 Å². The average Bonchev–Trinajstić information content (AvgIpc) is 2.34. The molecule has 6 heteroatoms. The number of unbranched alkanes of at least 4 members (excludes halogenated alkanes) is 2. The topological polar surface area (TPSA) is 93.9 Å². The molecule has 0 atom stereocenters. The predicted octanol–water partition coefficient (Wildman–Crippen LogP) is 2.23. The largest absolute Gasteiger partial charge is 0.477 e. The third-order valence-electron chi connectivity index (χ3n) is 2.35. The summed E-state index contributed by atoms with van der Waals surface area (Å²) in [7, 11) is 0. The fourth-order valence-corrected chi connectivity index (χ4v) is 2.37. The zero-order chi connectivity index (χ0) is 13.5. The number of nitriles is 1. The number of rotatable bonds is 6. The highest BCUT2D eigenvalue weighted by Crippen LogP contribution is 2.20. The van der Waals surface area contributed by atoms with Crippen molar-refractivity contribution in [3.8, 4) is 6.07 Å². The van der Waals surface area contributed by atoms with Crippen LogP contribution in [0.25, 0.3) is 0 Å². The van der Waals surface area contributed by atoms with E-state index < -0.39 is 17.1 Å². The van der Waals surface area contributed by atoms with Crippen LogP contribution in [-0.4, -0.2) is 21.8 Å². The van der Waals surface area contributed by atoms with Gasteiger partial charge in [-0.2, -0.15) is 5.26 Å². The Hall–Kier alpha value is -1.74. The first-order valence-electron chi connectivity index (χ1n) is 5.63. The summed E-state index contributed by atoms with van der Waals surface area (Å²) in [5, 5.41) is 18.2. The number of thioether (sulfide) groups is 1. The average molecular weight is 266 g/mol. The first-order chi connectivity index (χ1) is 8.60. The normalized spacial score (nSPS) is 10.0. The van der Waals surface area contributed by atoms with Crippen LogP contribution in [0.4, 0.5) is 0 Å². The van der Waals surface area contributed by atoms with E-state index in [1.54, 1.807) is 0 Å². The Balaban J connectivity index is 2.93. The molecule has 0 unspecified atom stereocenters. The number of aromatic carboxylic acids is 1. The Morgan fingerprint density at radius 2 is 2.28 bits per heavy atom. The lowest BCUT2D eigenvalue weighted by Crippen LogP contribution is -2.18. The molecule has 0 aliphatic carbocycles. The van der Waals surface area contributed by atoms with Gasteiger partial charge in [-0.25, -0.2) is 4.79 Å². The molecular weight excluding hydrogens is 252 g/mol. The van der Waals surface area contributed by atoms with Gasteiger partial charge in [0.2, 0.25) is 0 Å². The van der Waals surface area contributed by atoms with E-state index in [0.717, 1.165) is 31.1 Å². The number of hydrogen-bond donors (Lipinski definition) is 2. The second kappa shape index (κ2) is 6.87. The number of hydrogen-bond acceptors (Lipinski definition) is 4. The number of pyridine rings is 1. The molecule has 1 heterocycles. The number of nitrogens with one attached hydrogen (secondary N) is 1. The van der Waals surface area contributed by atoms with Gasteiger partial charge in [-0.05, 0) is 18.2 Å². The van der Waals surface area contributed by atoms with Gasteiger partial charge in [0, 0.05) is 0 Å². The molecule has 18 heavy (non-hydrogen) atoms. The summed E-state index contributed by atoms with van der Waals surface area (Å²) >= 11 is 1.38. The molecule has 0 spiro atoms. The second-order valence-electron chi connectivity index (χ2n) is 3.73. The highest BCUT2D eigenvalue weighted by atomic mass is 32.2. The van der Waals surface area contributed by atoms with E-state index in [9.17, 15) is 9.59 Å². The van der Waals surface area contributed by atoms with Gasteiger partial charge in [0.1, 0.15) is 11.6 Å². The van der Waals surface area contributed by atoms with Crippen molar-refractivity contribution in [3.05, 3.63) is 27.5 Å². The van der Waals surface area contributed by atoms with Gasteiger partial charge in [0.15, 0.2) is 0 Å². The molecule has 0 amide bonds. The third kappa shape index (κ3) is 3.64. The highest BCUT2D eigenvalue weighted by Gasteiger charge is 2.13. The summed E-state index contributed by atoms with van der Waals surface area (Å²) < 4.78 is 0. The summed E-state index contributed by atoms with van der Waals surface area (Å²) in [6.07, 6.45) is 3.18. The Morgan fingerprint density at radius 3 is 2.83 bits per heavy atom. The van der Waals surface area contributed by atoms with E-state index in [1.165, 1.54) is 11.8 Å². The molecule has 0 aliphatic heterocycles. The molecule has 0 fully saturated rings. The molecule has 96 valence electrons. The molecule has 1 aromatic heterocycles. The summed E-state index contributed by atoms with van der Waals surface area (Å²) in [6.45, 7) is 2.09. The quantitative estimate of drug-likeness (QED) is 0.608. The zero-order valence-corrected chi connectivity index (χ0v) is 10.8. The van der Waals surface area contributed by atoms with Gasteiger partial charge < -0.3 is 10.1 Å². The van der Waals surface area contributed by atoms with Gasteiger partial charge >= 0.3 is 5.97 Å². The maximum Gasteiger partial charge on any atom is 0.341 e. The van der Waals surface area contributed by atoms with Crippen molar-refractivity contribution in [3.63, 3.8) is 0 Å². The number of carboxylic acid groups (broad SMARTS) is 1. The summed E-state index contributed by atoms with van der Waals surface area (Å²) in [5.41, 5.74) is -0.863. The monoisotopic (exact) mass is 266 g/mol. The first kappa shape index (κ1) is 14.3. The maximum atomic E-state index is 11.5. The fraction of sp³-hybridized carbons (Fsp3) is 0.417. The van der Waals surface area contributed by atoms with Crippen LogP contribution < -0.4 is 5.56 Å². The highest BCUT2D eigenvalue weighted by molar-refractivity contribution is 7.99. The van der Waals surface area contributed by atoms with E-state index in [4.69, 9.17) is 10.4 Å². The Labute approximate surface area is 109 Å². The van der Waals surface area contributed by atoms with Crippen LogP contribution in [0.15, 0.2) is 15.9 Å². The SMILES string of the molecule is CCCCCSc1[nH]c(=O)c(C(=O)O)cc1C#N. The molecule has 0 radical (unpaired) electrons. The number of aromatic amines is 1. The van der Waals surface area contributed by atoms with E-state index in [-0.39, 0.29) is 5.56 Å². The van der Waals surface area contributed by atoms with Crippen molar-refractivity contribution < 1.29 is 9.90 Å². The van der Waals surface area contributed by atoms with Crippen LogP contribution in [0.1, 0.15) is 42.1 Å². The standard InChI is InChI=1S/C12H14N2O3S/c1-2-3-4-5-18-11-8(7-13)6-9(12(16)17)10(15)14-11/h6H,2-5H2,1H3,(H,14,15)(H,16,17). The van der Waals surface area contributed by atoms with Crippen molar-refractivity contribution in [2.45, 2.75) is 31.2 Å².